The maximum absolute atomic E-state index is 11.6. The zero-order valence-electron chi connectivity index (χ0n) is 7.57. The highest BCUT2D eigenvalue weighted by Gasteiger charge is 2.05. The molecule has 0 radical (unpaired) electrons. The summed E-state index contributed by atoms with van der Waals surface area (Å²) in [7, 11) is 0. The Morgan fingerprint density at radius 3 is 3.07 bits per heavy atom. The summed E-state index contributed by atoms with van der Waals surface area (Å²) in [5, 5.41) is 0.407. The number of hydrogen-bond acceptors (Lipinski definition) is 2. The minimum Gasteiger partial charge on any atom is -0.318 e. The molecule has 3 rings (SSSR count). The molecule has 0 spiro atoms. The second-order valence-corrected chi connectivity index (χ2v) is 3.61. The van der Waals surface area contributed by atoms with Crippen LogP contribution in [0.2, 0.25) is 5.15 Å². The van der Waals surface area contributed by atoms with Gasteiger partial charge in [-0.1, -0.05) is 11.6 Å². The van der Waals surface area contributed by atoms with Gasteiger partial charge in [0.25, 0.3) is 5.56 Å². The molecule has 5 heteroatoms. The normalized spacial score (nSPS) is 11.3. The predicted octanol–water partition coefficient (Wildman–Crippen LogP) is 1.83. The number of nitrogens with zero attached hydrogens (tertiary/aromatic N) is 2. The molecule has 0 aliphatic rings. The summed E-state index contributed by atoms with van der Waals surface area (Å²) in [6, 6.07) is 6.92. The number of rotatable bonds is 0. The Morgan fingerprint density at radius 1 is 1.33 bits per heavy atom. The predicted molar refractivity (Wildman–Crippen MR) is 58.3 cm³/mol. The highest BCUT2D eigenvalue weighted by atomic mass is 35.5. The number of H-pyrrole nitrogens is 1. The zero-order chi connectivity index (χ0) is 10.4. The second-order valence-electron chi connectivity index (χ2n) is 3.22. The van der Waals surface area contributed by atoms with E-state index in [1.54, 1.807) is 34.9 Å². The van der Waals surface area contributed by atoms with Crippen molar-refractivity contribution >= 4 is 28.3 Å². The number of aromatic amines is 1. The average Bonchev–Trinajstić information content (AvgIpc) is 2.69. The Morgan fingerprint density at radius 2 is 2.20 bits per heavy atom. The molecule has 0 atom stereocenters. The SMILES string of the molecule is O=c1[nH]c2ccc(Cl)nc2n2cccc12. The number of pyridine rings is 1. The van der Waals surface area contributed by atoms with E-state index in [0.29, 0.717) is 21.8 Å². The molecule has 0 aliphatic heterocycles. The Labute approximate surface area is 89.1 Å². The van der Waals surface area contributed by atoms with E-state index in [9.17, 15) is 4.79 Å². The van der Waals surface area contributed by atoms with Gasteiger partial charge in [0.15, 0.2) is 5.65 Å². The Hall–Kier alpha value is -1.81. The topological polar surface area (TPSA) is 50.2 Å². The summed E-state index contributed by atoms with van der Waals surface area (Å²) < 4.78 is 1.72. The van der Waals surface area contributed by atoms with E-state index in [-0.39, 0.29) is 5.56 Å². The van der Waals surface area contributed by atoms with Crippen LogP contribution in [0.25, 0.3) is 16.7 Å². The van der Waals surface area contributed by atoms with Crippen LogP contribution in [0.15, 0.2) is 35.3 Å². The summed E-state index contributed by atoms with van der Waals surface area (Å²) in [5.74, 6) is 0. The van der Waals surface area contributed by atoms with Gasteiger partial charge in [-0.25, -0.2) is 4.98 Å². The summed E-state index contributed by atoms with van der Waals surface area (Å²) in [6.45, 7) is 0. The lowest BCUT2D eigenvalue weighted by Crippen LogP contribution is -2.10. The number of fused-ring (bicyclic) bond motifs is 3. The number of hydrogen-bond donors (Lipinski definition) is 1. The molecule has 3 aromatic heterocycles. The molecule has 0 fully saturated rings. The van der Waals surface area contributed by atoms with E-state index in [2.05, 4.69) is 9.97 Å². The fraction of sp³-hybridized carbons (Fsp3) is 0. The van der Waals surface area contributed by atoms with Crippen LogP contribution >= 0.6 is 11.6 Å². The molecule has 0 saturated heterocycles. The van der Waals surface area contributed by atoms with Crippen LogP contribution in [0.3, 0.4) is 0 Å². The molecule has 3 aromatic rings. The highest BCUT2D eigenvalue weighted by Crippen LogP contribution is 2.13. The van der Waals surface area contributed by atoms with Gasteiger partial charge in [0.2, 0.25) is 0 Å². The van der Waals surface area contributed by atoms with E-state index < -0.39 is 0 Å². The lowest BCUT2D eigenvalue weighted by Gasteiger charge is -2.01. The summed E-state index contributed by atoms with van der Waals surface area (Å²) in [4.78, 5) is 18.5. The van der Waals surface area contributed by atoms with Crippen LogP contribution in [-0.2, 0) is 0 Å². The van der Waals surface area contributed by atoms with E-state index in [0.717, 1.165) is 0 Å². The zero-order valence-corrected chi connectivity index (χ0v) is 8.32. The molecule has 4 nitrogen and oxygen atoms in total. The largest absolute Gasteiger partial charge is 0.318 e. The van der Waals surface area contributed by atoms with Crippen molar-refractivity contribution < 1.29 is 0 Å². The second kappa shape index (κ2) is 2.84. The van der Waals surface area contributed by atoms with Gasteiger partial charge < -0.3 is 4.98 Å². The van der Waals surface area contributed by atoms with E-state index in [4.69, 9.17) is 11.6 Å². The molecule has 3 heterocycles. The van der Waals surface area contributed by atoms with Crippen molar-refractivity contribution in [3.63, 3.8) is 0 Å². The van der Waals surface area contributed by atoms with E-state index in [1.165, 1.54) is 0 Å². The van der Waals surface area contributed by atoms with Crippen LogP contribution in [0.4, 0.5) is 0 Å². The van der Waals surface area contributed by atoms with Crippen LogP contribution in [0.1, 0.15) is 0 Å². The van der Waals surface area contributed by atoms with E-state index in [1.807, 2.05) is 0 Å². The Kier molecular flexibility index (Phi) is 1.61. The van der Waals surface area contributed by atoms with Gasteiger partial charge in [-0.2, -0.15) is 0 Å². The summed E-state index contributed by atoms with van der Waals surface area (Å²) in [5.41, 5.74) is 1.77. The van der Waals surface area contributed by atoms with Crippen molar-refractivity contribution in [1.82, 2.24) is 14.4 Å². The maximum Gasteiger partial charge on any atom is 0.272 e. The molecular formula is C10H6ClN3O. The Bertz CT molecular complexity index is 713. The first kappa shape index (κ1) is 8.49. The smallest absolute Gasteiger partial charge is 0.272 e. The van der Waals surface area contributed by atoms with Gasteiger partial charge in [-0.3, -0.25) is 9.20 Å². The molecular weight excluding hydrogens is 214 g/mol. The minimum atomic E-state index is -0.128. The van der Waals surface area contributed by atoms with Crippen molar-refractivity contribution in [2.24, 2.45) is 0 Å². The van der Waals surface area contributed by atoms with Gasteiger partial charge in [0.05, 0.1) is 5.52 Å². The first-order valence-electron chi connectivity index (χ1n) is 4.41. The summed E-state index contributed by atoms with van der Waals surface area (Å²) in [6.07, 6.45) is 1.79. The van der Waals surface area contributed by atoms with Gasteiger partial charge >= 0.3 is 0 Å². The molecule has 0 bridgehead atoms. The monoisotopic (exact) mass is 219 g/mol. The fourth-order valence-electron chi connectivity index (χ4n) is 1.64. The van der Waals surface area contributed by atoms with Crippen LogP contribution < -0.4 is 5.56 Å². The third-order valence-electron chi connectivity index (χ3n) is 2.30. The molecule has 1 N–H and O–H groups in total. The van der Waals surface area contributed by atoms with Crippen molar-refractivity contribution in [3.05, 3.63) is 46.0 Å². The van der Waals surface area contributed by atoms with Crippen molar-refractivity contribution in [1.29, 1.82) is 0 Å². The molecule has 74 valence electrons. The number of aromatic nitrogens is 3. The first-order valence-corrected chi connectivity index (χ1v) is 4.79. The Balaban J connectivity index is 2.67. The van der Waals surface area contributed by atoms with Gasteiger partial charge in [-0.05, 0) is 24.3 Å². The molecule has 0 amide bonds. The van der Waals surface area contributed by atoms with Crippen molar-refractivity contribution in [3.8, 4) is 0 Å². The first-order chi connectivity index (χ1) is 7.25. The molecule has 0 saturated carbocycles. The average molecular weight is 220 g/mol. The molecule has 15 heavy (non-hydrogen) atoms. The lowest BCUT2D eigenvalue weighted by molar-refractivity contribution is 1.14. The van der Waals surface area contributed by atoms with Crippen LogP contribution in [0.5, 0.6) is 0 Å². The van der Waals surface area contributed by atoms with Crippen molar-refractivity contribution in [2.45, 2.75) is 0 Å². The lowest BCUT2D eigenvalue weighted by atomic mass is 10.4. The fourth-order valence-corrected chi connectivity index (χ4v) is 1.79. The van der Waals surface area contributed by atoms with Crippen LogP contribution in [0, 0.1) is 0 Å². The molecule has 0 aliphatic carbocycles. The highest BCUT2D eigenvalue weighted by molar-refractivity contribution is 6.29. The van der Waals surface area contributed by atoms with Crippen LogP contribution in [-0.4, -0.2) is 14.4 Å². The maximum atomic E-state index is 11.6. The summed E-state index contributed by atoms with van der Waals surface area (Å²) >= 11 is 5.81. The number of nitrogens with one attached hydrogen (secondary N) is 1. The molecule has 0 unspecified atom stereocenters. The minimum absolute atomic E-state index is 0.128. The number of halogens is 1. The molecule has 0 aromatic carbocycles. The van der Waals surface area contributed by atoms with Crippen molar-refractivity contribution in [2.75, 3.05) is 0 Å². The van der Waals surface area contributed by atoms with Gasteiger partial charge in [0, 0.05) is 6.20 Å². The standard InChI is InChI=1S/C10H6ClN3O/c11-8-4-3-6-9(13-8)14-5-1-2-7(14)10(15)12-6/h1-5H,(H,12,15). The van der Waals surface area contributed by atoms with Gasteiger partial charge in [0.1, 0.15) is 10.7 Å². The van der Waals surface area contributed by atoms with E-state index >= 15 is 0 Å². The quantitative estimate of drug-likeness (QED) is 0.587. The van der Waals surface area contributed by atoms with Gasteiger partial charge in [-0.15, -0.1) is 0 Å². The third kappa shape index (κ3) is 1.15. The third-order valence-corrected chi connectivity index (χ3v) is 2.51.